The van der Waals surface area contributed by atoms with Gasteiger partial charge in [0.25, 0.3) is 0 Å². The van der Waals surface area contributed by atoms with Crippen LogP contribution < -0.4 is 5.32 Å². The van der Waals surface area contributed by atoms with Gasteiger partial charge in [0, 0.05) is 13.5 Å². The fraction of sp³-hybridized carbons (Fsp3) is 0.467. The number of carboxylic acids is 1. The van der Waals surface area contributed by atoms with Crippen molar-refractivity contribution in [3.63, 3.8) is 0 Å². The summed E-state index contributed by atoms with van der Waals surface area (Å²) >= 11 is 0. The Morgan fingerprint density at radius 2 is 2.10 bits per heavy atom. The third-order valence-corrected chi connectivity index (χ3v) is 3.64. The molecule has 0 heterocycles. The van der Waals surface area contributed by atoms with Crippen LogP contribution in [-0.2, 0) is 14.3 Å². The van der Waals surface area contributed by atoms with Crippen molar-refractivity contribution in [3.8, 4) is 0 Å². The lowest BCUT2D eigenvalue weighted by Gasteiger charge is -2.11. The maximum Gasteiger partial charge on any atom is 0.334 e. The standard InChI is InChI=1S/C15H19NO4/c1-20-13(15(18)19)9-16-14(17)8-11-7-12(11)10-5-3-2-4-6-10/h2-6,11-13H,7-9H2,1H3,(H,16,17)(H,18,19)/t11-,12-,13?/m0/s1. The third-order valence-electron chi connectivity index (χ3n) is 3.64. The number of nitrogens with one attached hydrogen (secondary N) is 1. The molecule has 0 bridgehead atoms. The summed E-state index contributed by atoms with van der Waals surface area (Å²) < 4.78 is 4.76. The lowest BCUT2D eigenvalue weighted by Crippen LogP contribution is -2.37. The van der Waals surface area contributed by atoms with E-state index in [0.29, 0.717) is 18.3 Å². The number of carbonyl (C=O) groups is 2. The second-order valence-electron chi connectivity index (χ2n) is 5.08. The summed E-state index contributed by atoms with van der Waals surface area (Å²) in [5, 5.41) is 11.4. The number of amides is 1. The van der Waals surface area contributed by atoms with Gasteiger partial charge in [0.1, 0.15) is 0 Å². The molecule has 1 aliphatic rings. The van der Waals surface area contributed by atoms with E-state index < -0.39 is 12.1 Å². The van der Waals surface area contributed by atoms with Crippen LogP contribution in [0.4, 0.5) is 0 Å². The molecule has 0 aliphatic heterocycles. The summed E-state index contributed by atoms with van der Waals surface area (Å²) in [5.41, 5.74) is 1.27. The molecule has 0 aromatic heterocycles. The average Bonchev–Trinajstić information content (AvgIpc) is 3.19. The van der Waals surface area contributed by atoms with E-state index in [0.717, 1.165) is 6.42 Å². The summed E-state index contributed by atoms with van der Waals surface area (Å²) in [6.07, 6.45) is 0.475. The molecule has 2 N–H and O–H groups in total. The monoisotopic (exact) mass is 277 g/mol. The Labute approximate surface area is 117 Å². The fourth-order valence-corrected chi connectivity index (χ4v) is 2.37. The lowest BCUT2D eigenvalue weighted by atomic mass is 10.1. The first-order chi connectivity index (χ1) is 9.61. The lowest BCUT2D eigenvalue weighted by molar-refractivity contribution is -0.148. The van der Waals surface area contributed by atoms with Gasteiger partial charge in [0.15, 0.2) is 6.10 Å². The zero-order valence-electron chi connectivity index (χ0n) is 11.4. The summed E-state index contributed by atoms with van der Waals surface area (Å²) in [4.78, 5) is 22.5. The van der Waals surface area contributed by atoms with Crippen molar-refractivity contribution in [3.05, 3.63) is 35.9 Å². The van der Waals surface area contributed by atoms with Crippen LogP contribution >= 0.6 is 0 Å². The molecule has 5 nitrogen and oxygen atoms in total. The minimum absolute atomic E-state index is 0.00733. The molecule has 1 unspecified atom stereocenters. The number of benzene rings is 1. The molecule has 1 aromatic rings. The van der Waals surface area contributed by atoms with Crippen molar-refractivity contribution in [2.75, 3.05) is 13.7 Å². The Bertz CT molecular complexity index is 474. The van der Waals surface area contributed by atoms with Gasteiger partial charge in [-0.25, -0.2) is 4.79 Å². The van der Waals surface area contributed by atoms with Crippen molar-refractivity contribution >= 4 is 11.9 Å². The number of carbonyl (C=O) groups excluding carboxylic acids is 1. The number of ether oxygens (including phenoxy) is 1. The van der Waals surface area contributed by atoms with Gasteiger partial charge in [-0.3, -0.25) is 4.79 Å². The molecule has 1 amide bonds. The zero-order chi connectivity index (χ0) is 14.5. The SMILES string of the molecule is COC(CNC(=O)C[C@@H]1C[C@H]1c1ccccc1)C(=O)O. The molecule has 5 heteroatoms. The van der Waals surface area contributed by atoms with E-state index in [2.05, 4.69) is 17.4 Å². The highest BCUT2D eigenvalue weighted by atomic mass is 16.5. The van der Waals surface area contributed by atoms with Gasteiger partial charge < -0.3 is 15.2 Å². The largest absolute Gasteiger partial charge is 0.479 e. The maximum atomic E-state index is 11.8. The highest BCUT2D eigenvalue weighted by molar-refractivity contribution is 5.78. The minimum atomic E-state index is -1.07. The minimum Gasteiger partial charge on any atom is -0.479 e. The fourth-order valence-electron chi connectivity index (χ4n) is 2.37. The van der Waals surface area contributed by atoms with Crippen LogP contribution in [0.15, 0.2) is 30.3 Å². The van der Waals surface area contributed by atoms with Crippen LogP contribution in [0.25, 0.3) is 0 Å². The summed E-state index contributed by atoms with van der Waals surface area (Å²) in [7, 11) is 1.32. The van der Waals surface area contributed by atoms with Crippen LogP contribution in [0.2, 0.25) is 0 Å². The van der Waals surface area contributed by atoms with E-state index in [-0.39, 0.29) is 12.5 Å². The van der Waals surface area contributed by atoms with Crippen molar-refractivity contribution < 1.29 is 19.4 Å². The molecule has 0 radical (unpaired) electrons. The molecule has 2 rings (SSSR count). The van der Waals surface area contributed by atoms with Gasteiger partial charge >= 0.3 is 5.97 Å². The highest BCUT2D eigenvalue weighted by Crippen LogP contribution is 2.49. The predicted molar refractivity (Wildman–Crippen MR) is 73.3 cm³/mol. The van der Waals surface area contributed by atoms with Crippen molar-refractivity contribution in [1.29, 1.82) is 0 Å². The molecule has 0 spiro atoms. The molecule has 0 saturated heterocycles. The van der Waals surface area contributed by atoms with Gasteiger partial charge in [-0.1, -0.05) is 30.3 Å². The van der Waals surface area contributed by atoms with E-state index in [1.165, 1.54) is 12.7 Å². The topological polar surface area (TPSA) is 75.6 Å². The normalized spacial score (nSPS) is 22.1. The molecule has 20 heavy (non-hydrogen) atoms. The first-order valence-corrected chi connectivity index (χ1v) is 6.69. The molecular formula is C15H19NO4. The molecule has 3 atom stereocenters. The molecule has 1 aliphatic carbocycles. The van der Waals surface area contributed by atoms with Crippen LogP contribution in [0, 0.1) is 5.92 Å². The van der Waals surface area contributed by atoms with Crippen LogP contribution in [0.5, 0.6) is 0 Å². The van der Waals surface area contributed by atoms with E-state index >= 15 is 0 Å². The summed E-state index contributed by atoms with van der Waals surface area (Å²) in [5.74, 6) is -0.360. The van der Waals surface area contributed by atoms with Crippen LogP contribution in [-0.4, -0.2) is 36.7 Å². The molecule has 1 aromatic carbocycles. The van der Waals surface area contributed by atoms with Gasteiger partial charge in [0.2, 0.25) is 5.91 Å². The molecule has 1 saturated carbocycles. The first kappa shape index (κ1) is 14.5. The third kappa shape index (κ3) is 3.81. The van der Waals surface area contributed by atoms with Crippen LogP contribution in [0.1, 0.15) is 24.3 Å². The van der Waals surface area contributed by atoms with E-state index in [9.17, 15) is 9.59 Å². The number of carboxylic acid groups (broad SMARTS) is 1. The maximum absolute atomic E-state index is 11.8. The molecule has 1 fully saturated rings. The Hall–Kier alpha value is -1.88. The van der Waals surface area contributed by atoms with Gasteiger partial charge in [-0.15, -0.1) is 0 Å². The molecular weight excluding hydrogens is 258 g/mol. The Balaban J connectivity index is 1.73. The van der Waals surface area contributed by atoms with E-state index in [1.807, 2.05) is 18.2 Å². The number of aliphatic carboxylic acids is 1. The zero-order valence-corrected chi connectivity index (χ0v) is 11.4. The van der Waals surface area contributed by atoms with Gasteiger partial charge in [-0.2, -0.15) is 0 Å². The number of hydrogen-bond acceptors (Lipinski definition) is 3. The average molecular weight is 277 g/mol. The number of rotatable bonds is 7. The Morgan fingerprint density at radius 1 is 1.40 bits per heavy atom. The van der Waals surface area contributed by atoms with Crippen molar-refractivity contribution in [2.24, 2.45) is 5.92 Å². The van der Waals surface area contributed by atoms with E-state index in [1.54, 1.807) is 0 Å². The van der Waals surface area contributed by atoms with Gasteiger partial charge in [-0.05, 0) is 23.8 Å². The summed E-state index contributed by atoms with van der Waals surface area (Å²) in [6, 6.07) is 10.1. The van der Waals surface area contributed by atoms with Gasteiger partial charge in [0.05, 0.1) is 6.54 Å². The number of methoxy groups -OCH3 is 1. The Kier molecular flexibility index (Phi) is 4.74. The highest BCUT2D eigenvalue weighted by Gasteiger charge is 2.39. The number of hydrogen-bond donors (Lipinski definition) is 2. The quantitative estimate of drug-likeness (QED) is 0.790. The molecule has 108 valence electrons. The van der Waals surface area contributed by atoms with Crippen molar-refractivity contribution in [2.45, 2.75) is 24.9 Å². The predicted octanol–water partition coefficient (Wildman–Crippen LogP) is 1.40. The summed E-state index contributed by atoms with van der Waals surface area (Å²) in [6.45, 7) is 0.00733. The first-order valence-electron chi connectivity index (χ1n) is 6.69. The van der Waals surface area contributed by atoms with Crippen molar-refractivity contribution in [1.82, 2.24) is 5.32 Å². The second kappa shape index (κ2) is 6.52. The van der Waals surface area contributed by atoms with E-state index in [4.69, 9.17) is 9.84 Å². The smallest absolute Gasteiger partial charge is 0.334 e. The Morgan fingerprint density at radius 3 is 2.70 bits per heavy atom. The van der Waals surface area contributed by atoms with Crippen LogP contribution in [0.3, 0.4) is 0 Å². The second-order valence-corrected chi connectivity index (χ2v) is 5.08.